The van der Waals surface area contributed by atoms with E-state index in [2.05, 4.69) is 132 Å². The number of rotatable bonds is 2. The summed E-state index contributed by atoms with van der Waals surface area (Å²) in [4.78, 5) is 0. The van der Waals surface area contributed by atoms with Gasteiger partial charge in [-0.2, -0.15) is 0 Å². The van der Waals surface area contributed by atoms with E-state index in [0.29, 0.717) is 0 Å². The van der Waals surface area contributed by atoms with Crippen molar-refractivity contribution in [2.75, 3.05) is 0 Å². The van der Waals surface area contributed by atoms with Crippen molar-refractivity contribution < 1.29 is 8.83 Å². The van der Waals surface area contributed by atoms with Gasteiger partial charge in [0.15, 0.2) is 0 Å². The number of benzene rings is 7. The van der Waals surface area contributed by atoms with Gasteiger partial charge < -0.3 is 13.4 Å². The van der Waals surface area contributed by atoms with E-state index in [1.54, 1.807) is 0 Å². The summed E-state index contributed by atoms with van der Waals surface area (Å²) in [5, 5.41) is 9.60. The molecule has 0 aliphatic rings. The van der Waals surface area contributed by atoms with Gasteiger partial charge >= 0.3 is 0 Å². The first kappa shape index (κ1) is 24.5. The highest BCUT2D eigenvalue weighted by atomic mass is 32.1. The molecule has 0 aliphatic carbocycles. The average molecular weight is 606 g/mol. The van der Waals surface area contributed by atoms with E-state index in [4.69, 9.17) is 8.83 Å². The Hall–Kier alpha value is -5.84. The smallest absolute Gasteiger partial charge is 0.136 e. The molecule has 214 valence electrons. The predicted molar refractivity (Wildman–Crippen MR) is 194 cm³/mol. The zero-order valence-corrected chi connectivity index (χ0v) is 25.3. The molecule has 4 heterocycles. The summed E-state index contributed by atoms with van der Waals surface area (Å²) < 4.78 is 17.4. The number of hydrogen-bond acceptors (Lipinski definition) is 3. The maximum Gasteiger partial charge on any atom is 0.136 e. The first-order chi connectivity index (χ1) is 22.8. The van der Waals surface area contributed by atoms with Crippen molar-refractivity contribution in [2.24, 2.45) is 0 Å². The molecule has 0 fully saturated rings. The summed E-state index contributed by atoms with van der Waals surface area (Å²) in [5.74, 6) is 0. The van der Waals surface area contributed by atoms with Gasteiger partial charge in [0.2, 0.25) is 0 Å². The van der Waals surface area contributed by atoms with Crippen molar-refractivity contribution >= 4 is 97.2 Å². The lowest BCUT2D eigenvalue weighted by Gasteiger charge is -2.08. The van der Waals surface area contributed by atoms with Gasteiger partial charge in [0.05, 0.1) is 11.0 Å². The Balaban J connectivity index is 1.07. The van der Waals surface area contributed by atoms with Gasteiger partial charge in [-0.1, -0.05) is 72.8 Å². The molecule has 11 aromatic rings. The molecule has 0 saturated carbocycles. The number of para-hydroxylation sites is 3. The van der Waals surface area contributed by atoms with Crippen LogP contribution >= 0.6 is 11.3 Å². The first-order valence-electron chi connectivity index (χ1n) is 15.5. The van der Waals surface area contributed by atoms with Crippen LogP contribution in [0.15, 0.2) is 148 Å². The Morgan fingerprint density at radius 3 is 1.67 bits per heavy atom. The third-order valence-electron chi connectivity index (χ3n) is 9.60. The highest BCUT2D eigenvalue weighted by molar-refractivity contribution is 7.25. The molecule has 11 rings (SSSR count). The number of furan rings is 2. The van der Waals surface area contributed by atoms with Gasteiger partial charge in [0.1, 0.15) is 22.3 Å². The number of fused-ring (bicyclic) bond motifs is 12. The van der Waals surface area contributed by atoms with E-state index < -0.39 is 0 Å². The molecule has 0 bridgehead atoms. The second-order valence-electron chi connectivity index (χ2n) is 12.1. The van der Waals surface area contributed by atoms with E-state index in [-0.39, 0.29) is 0 Å². The minimum Gasteiger partial charge on any atom is -0.456 e. The van der Waals surface area contributed by atoms with Crippen LogP contribution in [0.2, 0.25) is 0 Å². The lowest BCUT2D eigenvalue weighted by Crippen LogP contribution is -1.92. The fourth-order valence-electron chi connectivity index (χ4n) is 7.46. The summed E-state index contributed by atoms with van der Waals surface area (Å²) in [6.07, 6.45) is 0. The van der Waals surface area contributed by atoms with Crippen LogP contribution in [-0.2, 0) is 0 Å². The van der Waals surface area contributed by atoms with Gasteiger partial charge in [0, 0.05) is 58.2 Å². The quantitative estimate of drug-likeness (QED) is 0.196. The monoisotopic (exact) mass is 605 g/mol. The van der Waals surface area contributed by atoms with Crippen molar-refractivity contribution in [1.29, 1.82) is 0 Å². The maximum atomic E-state index is 6.45. The lowest BCUT2D eigenvalue weighted by molar-refractivity contribution is 0.668. The summed E-state index contributed by atoms with van der Waals surface area (Å²) in [6.45, 7) is 0. The molecule has 0 aliphatic heterocycles. The second-order valence-corrected chi connectivity index (χ2v) is 13.2. The fourth-order valence-corrected chi connectivity index (χ4v) is 8.62. The molecule has 46 heavy (non-hydrogen) atoms. The van der Waals surface area contributed by atoms with Crippen LogP contribution in [0, 0.1) is 0 Å². The molecule has 4 aromatic heterocycles. The van der Waals surface area contributed by atoms with Gasteiger partial charge in [-0.15, -0.1) is 11.3 Å². The van der Waals surface area contributed by atoms with Crippen LogP contribution in [0.1, 0.15) is 0 Å². The second kappa shape index (κ2) is 8.87. The number of hydrogen-bond donors (Lipinski definition) is 0. The summed E-state index contributed by atoms with van der Waals surface area (Å²) in [5.41, 5.74) is 9.61. The molecule has 0 atom stereocenters. The molecule has 7 aromatic carbocycles. The SMILES string of the molecule is c1ccc2c(c1)oc1ccc(-c3ccc4oc5cc6c(cc5c4c3)sc3cc(-n4c5ccccc5c5ccccc54)ccc36)cc12. The summed E-state index contributed by atoms with van der Waals surface area (Å²) in [6, 6.07) is 50.0. The minimum atomic E-state index is 0.907. The third kappa shape index (κ3) is 3.31. The van der Waals surface area contributed by atoms with E-state index in [9.17, 15) is 0 Å². The number of nitrogens with zero attached hydrogens (tertiary/aromatic N) is 1. The van der Waals surface area contributed by atoms with Gasteiger partial charge in [-0.25, -0.2) is 0 Å². The molecule has 0 spiro atoms. The molecule has 3 nitrogen and oxygen atoms in total. The average Bonchev–Trinajstić information content (AvgIpc) is 3.85. The molecular formula is C42H23NO2S. The van der Waals surface area contributed by atoms with Gasteiger partial charge in [-0.3, -0.25) is 0 Å². The van der Waals surface area contributed by atoms with Crippen LogP contribution < -0.4 is 0 Å². The summed E-state index contributed by atoms with van der Waals surface area (Å²) >= 11 is 1.85. The van der Waals surface area contributed by atoms with E-state index in [1.165, 1.54) is 47.7 Å². The molecule has 0 saturated heterocycles. The Labute approximate surface area is 266 Å². The zero-order chi connectivity index (χ0) is 29.9. The molecule has 0 unspecified atom stereocenters. The normalized spacial score (nSPS) is 12.3. The number of aromatic nitrogens is 1. The Bertz CT molecular complexity index is 2990. The standard InChI is InChI=1S/C42H23NO2S/c1-4-10-35-27(7-1)28-8-2-5-11-36(28)43(35)26-15-16-30-34-22-40-33(23-42(34)46-41(30)21-26)32-20-25(14-18-39(32)45-40)24-13-17-38-31(19-24)29-9-3-6-12-37(29)44-38/h1-23H. The van der Waals surface area contributed by atoms with Crippen LogP contribution in [0.3, 0.4) is 0 Å². The predicted octanol–water partition coefficient (Wildman–Crippen LogP) is 12.6. The maximum absolute atomic E-state index is 6.45. The van der Waals surface area contributed by atoms with Crippen molar-refractivity contribution in [1.82, 2.24) is 4.57 Å². The number of thiophene rings is 1. The first-order valence-corrected chi connectivity index (χ1v) is 16.3. The van der Waals surface area contributed by atoms with Crippen molar-refractivity contribution in [2.45, 2.75) is 0 Å². The Morgan fingerprint density at radius 2 is 0.935 bits per heavy atom. The van der Waals surface area contributed by atoms with E-state index in [1.807, 2.05) is 23.5 Å². The van der Waals surface area contributed by atoms with E-state index in [0.717, 1.165) is 55.0 Å². The van der Waals surface area contributed by atoms with Crippen molar-refractivity contribution in [3.63, 3.8) is 0 Å². The summed E-state index contributed by atoms with van der Waals surface area (Å²) in [7, 11) is 0. The fraction of sp³-hybridized carbons (Fsp3) is 0. The minimum absolute atomic E-state index is 0.907. The molecule has 0 amide bonds. The van der Waals surface area contributed by atoms with Crippen LogP contribution in [-0.4, -0.2) is 4.57 Å². The molecule has 0 N–H and O–H groups in total. The Kier molecular flexibility index (Phi) is 4.72. The van der Waals surface area contributed by atoms with Crippen molar-refractivity contribution in [3.05, 3.63) is 140 Å². The molecule has 0 radical (unpaired) electrons. The molecule has 4 heteroatoms. The topological polar surface area (TPSA) is 31.2 Å². The molecular weight excluding hydrogens is 583 g/mol. The zero-order valence-electron chi connectivity index (χ0n) is 24.5. The highest BCUT2D eigenvalue weighted by Gasteiger charge is 2.16. The third-order valence-corrected chi connectivity index (χ3v) is 10.7. The van der Waals surface area contributed by atoms with Gasteiger partial charge in [-0.05, 0) is 77.9 Å². The largest absolute Gasteiger partial charge is 0.456 e. The highest BCUT2D eigenvalue weighted by Crippen LogP contribution is 2.42. The van der Waals surface area contributed by atoms with Crippen LogP contribution in [0.25, 0.3) is 103 Å². The van der Waals surface area contributed by atoms with Crippen LogP contribution in [0.5, 0.6) is 0 Å². The van der Waals surface area contributed by atoms with Gasteiger partial charge in [0.25, 0.3) is 0 Å². The Morgan fingerprint density at radius 1 is 0.370 bits per heavy atom. The van der Waals surface area contributed by atoms with Crippen LogP contribution in [0.4, 0.5) is 0 Å². The van der Waals surface area contributed by atoms with Crippen molar-refractivity contribution in [3.8, 4) is 16.8 Å². The lowest BCUT2D eigenvalue weighted by atomic mass is 10.0. The van der Waals surface area contributed by atoms with E-state index >= 15 is 0 Å².